The first-order chi connectivity index (χ1) is 13.0. The number of nitrogens with zero attached hydrogens (tertiary/aromatic N) is 6. The van der Waals surface area contributed by atoms with Crippen molar-refractivity contribution < 1.29 is 9.66 Å². The number of fused-ring (bicyclic) bond motifs is 1. The Balaban J connectivity index is 1.56. The molecular weight excluding hydrogens is 412 g/mol. The average Bonchev–Trinajstić information content (AvgIpc) is 3.30. The summed E-state index contributed by atoms with van der Waals surface area (Å²) in [5.41, 5.74) is 0. The molecule has 4 aromatic rings. The zero-order valence-corrected chi connectivity index (χ0v) is 16.2. The van der Waals surface area contributed by atoms with Gasteiger partial charge in [0.05, 0.1) is 5.02 Å². The second-order valence-corrected chi connectivity index (χ2v) is 7.57. The first kappa shape index (κ1) is 17.8. The molecular formula is C15H11ClN6O3S2. The number of ether oxygens (including phenoxy) is 1. The summed E-state index contributed by atoms with van der Waals surface area (Å²) in [5.74, 6) is 1.01. The summed E-state index contributed by atoms with van der Waals surface area (Å²) in [6.07, 6.45) is 1.62. The fraction of sp³-hybridized carbons (Fsp3) is 0.133. The Hall–Kier alpha value is -2.63. The van der Waals surface area contributed by atoms with Crippen molar-refractivity contribution in [2.75, 3.05) is 0 Å². The Morgan fingerprint density at radius 2 is 2.19 bits per heavy atom. The summed E-state index contributed by atoms with van der Waals surface area (Å²) in [4.78, 5) is 15.8. The van der Waals surface area contributed by atoms with E-state index < -0.39 is 4.92 Å². The molecule has 0 N–H and O–H groups in total. The van der Waals surface area contributed by atoms with E-state index in [0.29, 0.717) is 26.7 Å². The van der Waals surface area contributed by atoms with Gasteiger partial charge in [-0.2, -0.15) is 9.38 Å². The van der Waals surface area contributed by atoms with E-state index in [1.54, 1.807) is 35.3 Å². The molecule has 3 aromatic heterocycles. The van der Waals surface area contributed by atoms with Crippen LogP contribution >= 0.6 is 34.7 Å². The predicted octanol–water partition coefficient (Wildman–Crippen LogP) is 3.82. The summed E-state index contributed by atoms with van der Waals surface area (Å²) in [6, 6.07) is 7.13. The van der Waals surface area contributed by atoms with Gasteiger partial charge in [-0.1, -0.05) is 35.1 Å². The van der Waals surface area contributed by atoms with Gasteiger partial charge in [-0.25, -0.2) is 0 Å². The minimum absolute atomic E-state index is 0.0897. The Morgan fingerprint density at radius 1 is 1.37 bits per heavy atom. The smallest absolute Gasteiger partial charge is 0.363 e. The van der Waals surface area contributed by atoms with Gasteiger partial charge in [0.25, 0.3) is 4.96 Å². The Morgan fingerprint density at radius 3 is 2.96 bits per heavy atom. The lowest BCUT2D eigenvalue weighted by Gasteiger charge is -2.07. The first-order valence-electron chi connectivity index (χ1n) is 7.58. The number of hydrogen-bond acceptors (Lipinski definition) is 8. The van der Waals surface area contributed by atoms with Crippen molar-refractivity contribution in [2.24, 2.45) is 7.05 Å². The van der Waals surface area contributed by atoms with E-state index >= 15 is 0 Å². The van der Waals surface area contributed by atoms with Crippen LogP contribution in [0.2, 0.25) is 5.02 Å². The number of imidazole rings is 1. The number of benzene rings is 1. The van der Waals surface area contributed by atoms with E-state index in [0.717, 1.165) is 11.8 Å². The number of aromatic nitrogens is 5. The molecule has 1 aromatic carbocycles. The third kappa shape index (κ3) is 3.36. The Labute approximate surface area is 165 Å². The average molecular weight is 423 g/mol. The monoisotopic (exact) mass is 422 g/mol. The van der Waals surface area contributed by atoms with Gasteiger partial charge in [0.2, 0.25) is 5.03 Å². The molecule has 0 aliphatic heterocycles. The molecule has 27 heavy (non-hydrogen) atoms. The van der Waals surface area contributed by atoms with Crippen LogP contribution in [0.1, 0.15) is 5.82 Å². The molecule has 0 amide bonds. The highest BCUT2D eigenvalue weighted by molar-refractivity contribution is 7.99. The normalized spacial score (nSPS) is 11.2. The van der Waals surface area contributed by atoms with Gasteiger partial charge >= 0.3 is 5.82 Å². The van der Waals surface area contributed by atoms with E-state index in [-0.39, 0.29) is 17.5 Å². The molecule has 0 unspecified atom stereocenters. The molecule has 4 rings (SSSR count). The molecule has 0 saturated heterocycles. The van der Waals surface area contributed by atoms with E-state index in [1.165, 1.54) is 15.7 Å². The van der Waals surface area contributed by atoms with Gasteiger partial charge in [-0.3, -0.25) is 0 Å². The maximum Gasteiger partial charge on any atom is 0.363 e. The molecule has 0 saturated carbocycles. The van der Waals surface area contributed by atoms with Gasteiger partial charge < -0.3 is 19.4 Å². The number of para-hydroxylation sites is 1. The molecule has 9 nitrogen and oxygen atoms in total. The van der Waals surface area contributed by atoms with E-state index in [4.69, 9.17) is 16.3 Å². The van der Waals surface area contributed by atoms with E-state index in [9.17, 15) is 10.1 Å². The quantitative estimate of drug-likeness (QED) is 0.344. The topological polar surface area (TPSA) is 100 Å². The largest absolute Gasteiger partial charge is 0.484 e. The first-order valence-corrected chi connectivity index (χ1v) is 9.65. The van der Waals surface area contributed by atoms with Crippen LogP contribution in [0, 0.1) is 10.1 Å². The van der Waals surface area contributed by atoms with Gasteiger partial charge in [0.1, 0.15) is 18.6 Å². The van der Waals surface area contributed by atoms with Gasteiger partial charge in [-0.05, 0) is 28.8 Å². The van der Waals surface area contributed by atoms with Crippen molar-refractivity contribution in [2.45, 2.75) is 16.8 Å². The minimum Gasteiger partial charge on any atom is -0.484 e. The molecule has 138 valence electrons. The molecule has 12 heteroatoms. The van der Waals surface area contributed by atoms with Gasteiger partial charge in [-0.15, -0.1) is 10.2 Å². The molecule has 0 bridgehead atoms. The number of rotatable bonds is 6. The second-order valence-electron chi connectivity index (χ2n) is 5.33. The van der Waals surface area contributed by atoms with Crippen LogP contribution in [0.4, 0.5) is 5.82 Å². The third-order valence-electron chi connectivity index (χ3n) is 3.69. The van der Waals surface area contributed by atoms with Crippen LogP contribution < -0.4 is 4.74 Å². The zero-order chi connectivity index (χ0) is 19.0. The summed E-state index contributed by atoms with van der Waals surface area (Å²) < 4.78 is 8.83. The lowest BCUT2D eigenvalue weighted by Crippen LogP contribution is -2.04. The van der Waals surface area contributed by atoms with Crippen molar-refractivity contribution in [3.8, 4) is 5.75 Å². The Kier molecular flexibility index (Phi) is 4.72. The molecule has 0 aliphatic carbocycles. The van der Waals surface area contributed by atoms with E-state index in [1.807, 2.05) is 12.1 Å². The molecule has 0 fully saturated rings. The highest BCUT2D eigenvalue weighted by Crippen LogP contribution is 2.35. The van der Waals surface area contributed by atoms with Crippen LogP contribution in [0.15, 0.2) is 46.0 Å². The highest BCUT2D eigenvalue weighted by atomic mass is 35.5. The van der Waals surface area contributed by atoms with Crippen molar-refractivity contribution in [3.63, 3.8) is 0 Å². The summed E-state index contributed by atoms with van der Waals surface area (Å²) in [6.45, 7) is 0.161. The number of thiazole rings is 1. The summed E-state index contributed by atoms with van der Waals surface area (Å²) >= 11 is 8.48. The lowest BCUT2D eigenvalue weighted by atomic mass is 10.3. The maximum absolute atomic E-state index is 11.4. The molecule has 0 radical (unpaired) electrons. The molecule has 3 heterocycles. The third-order valence-corrected chi connectivity index (χ3v) is 5.76. The maximum atomic E-state index is 11.4. The molecule has 0 aliphatic rings. The highest BCUT2D eigenvalue weighted by Gasteiger charge is 2.26. The van der Waals surface area contributed by atoms with Crippen molar-refractivity contribution in [1.82, 2.24) is 24.1 Å². The van der Waals surface area contributed by atoms with E-state index in [2.05, 4.69) is 15.2 Å². The van der Waals surface area contributed by atoms with Gasteiger partial charge in [0, 0.05) is 12.4 Å². The number of nitro groups is 1. The van der Waals surface area contributed by atoms with Crippen molar-refractivity contribution in [1.29, 1.82) is 0 Å². The molecule has 0 atom stereocenters. The Bertz CT molecular complexity index is 1140. The zero-order valence-electron chi connectivity index (χ0n) is 13.8. The van der Waals surface area contributed by atoms with Crippen molar-refractivity contribution >= 4 is 45.5 Å². The predicted molar refractivity (Wildman–Crippen MR) is 101 cm³/mol. The number of halogens is 1. The minimum atomic E-state index is -0.452. The SMILES string of the molecule is Cn1c(COc2ccccc2Cl)nnc1Sc1nc2sccn2c1[N+](=O)[O-]. The van der Waals surface area contributed by atoms with Crippen molar-refractivity contribution in [3.05, 3.63) is 56.8 Å². The molecule has 0 spiro atoms. The van der Waals surface area contributed by atoms with Gasteiger partial charge in [0.15, 0.2) is 11.0 Å². The van der Waals surface area contributed by atoms with Crippen LogP contribution in [0.25, 0.3) is 4.96 Å². The van der Waals surface area contributed by atoms with Crippen LogP contribution in [-0.4, -0.2) is 29.1 Å². The number of hydrogen-bond donors (Lipinski definition) is 0. The second kappa shape index (κ2) is 7.18. The standard InChI is InChI=1S/C15H11ClN6O3S2/c1-20-11(8-25-10-5-3-2-4-9(10)16)18-19-15(20)27-12-13(22(23)24)21-6-7-26-14(21)17-12/h2-7H,8H2,1H3. The summed E-state index contributed by atoms with van der Waals surface area (Å²) in [5, 5.41) is 22.6. The lowest BCUT2D eigenvalue weighted by molar-refractivity contribution is -0.393. The van der Waals surface area contributed by atoms with Crippen LogP contribution in [-0.2, 0) is 13.7 Å². The van der Waals surface area contributed by atoms with Crippen LogP contribution in [0.5, 0.6) is 5.75 Å². The summed E-state index contributed by atoms with van der Waals surface area (Å²) in [7, 11) is 1.76. The fourth-order valence-electron chi connectivity index (χ4n) is 2.34. The van der Waals surface area contributed by atoms with Crippen LogP contribution in [0.3, 0.4) is 0 Å². The fourth-order valence-corrected chi connectivity index (χ4v) is 4.19.